The molecule has 6 nitrogen and oxygen atoms in total. The minimum Gasteiger partial charge on any atom is -0.481 e. The van der Waals surface area contributed by atoms with E-state index in [1.807, 2.05) is 0 Å². The Labute approximate surface area is 138 Å². The third-order valence-corrected chi connectivity index (χ3v) is 4.21. The largest absolute Gasteiger partial charge is 0.481 e. The van der Waals surface area contributed by atoms with Crippen LogP contribution in [0.4, 0.5) is 4.39 Å². The maximum atomic E-state index is 13.1. The third kappa shape index (κ3) is 3.02. The lowest BCUT2D eigenvalue weighted by Crippen LogP contribution is -2.30. The maximum absolute atomic E-state index is 13.1. The zero-order valence-corrected chi connectivity index (χ0v) is 13.3. The highest BCUT2D eigenvalue weighted by Gasteiger charge is 2.28. The normalized spacial score (nSPS) is 12.9. The molecule has 7 heteroatoms. The van der Waals surface area contributed by atoms with Crippen molar-refractivity contribution in [2.45, 2.75) is 25.7 Å². The molecular formula is C17H18FN3O3. The summed E-state index contributed by atoms with van der Waals surface area (Å²) < 4.78 is 14.8. The lowest BCUT2D eigenvalue weighted by molar-refractivity contribution is -0.137. The molecule has 1 heterocycles. The van der Waals surface area contributed by atoms with Gasteiger partial charge in [-0.25, -0.2) is 9.07 Å². The number of carboxylic acids is 1. The number of aromatic nitrogens is 2. The molecule has 3 rings (SSSR count). The number of amides is 1. The Morgan fingerprint density at radius 1 is 1.29 bits per heavy atom. The Balaban J connectivity index is 1.92. The van der Waals surface area contributed by atoms with Crippen LogP contribution in [-0.4, -0.2) is 45.3 Å². The minimum absolute atomic E-state index is 0.108. The molecule has 1 aliphatic carbocycles. The summed E-state index contributed by atoms with van der Waals surface area (Å²) in [6.45, 7) is 0.131. The molecule has 2 aromatic rings. The molecule has 1 aliphatic rings. The van der Waals surface area contributed by atoms with Crippen LogP contribution in [0.25, 0.3) is 5.69 Å². The predicted octanol–water partition coefficient (Wildman–Crippen LogP) is 2.05. The molecule has 0 fully saturated rings. The fraction of sp³-hybridized carbons (Fsp3) is 0.353. The van der Waals surface area contributed by atoms with Gasteiger partial charge in [-0.3, -0.25) is 9.59 Å². The number of hydrogen-bond donors (Lipinski definition) is 1. The second kappa shape index (κ2) is 6.43. The van der Waals surface area contributed by atoms with Crippen molar-refractivity contribution in [2.24, 2.45) is 0 Å². The van der Waals surface area contributed by atoms with Gasteiger partial charge in [0.25, 0.3) is 5.91 Å². The highest BCUT2D eigenvalue weighted by atomic mass is 19.1. The summed E-state index contributed by atoms with van der Waals surface area (Å²) in [7, 11) is 1.57. The Kier molecular flexibility index (Phi) is 4.33. The zero-order valence-electron chi connectivity index (χ0n) is 13.3. The quantitative estimate of drug-likeness (QED) is 0.910. The van der Waals surface area contributed by atoms with Gasteiger partial charge >= 0.3 is 5.97 Å². The standard InChI is InChI=1S/C17H18FN3O3/c1-20(10-9-15(22)23)17(24)16-13-3-2-4-14(13)21(19-16)12-7-5-11(18)6-8-12/h5-8H,2-4,9-10H2,1H3,(H,22,23). The van der Waals surface area contributed by atoms with Crippen molar-refractivity contribution in [3.63, 3.8) is 0 Å². The smallest absolute Gasteiger partial charge is 0.305 e. The van der Waals surface area contributed by atoms with Gasteiger partial charge in [0.1, 0.15) is 5.82 Å². The van der Waals surface area contributed by atoms with Crippen molar-refractivity contribution >= 4 is 11.9 Å². The van der Waals surface area contributed by atoms with Crippen LogP contribution in [0, 0.1) is 5.82 Å². The van der Waals surface area contributed by atoms with E-state index in [-0.39, 0.29) is 24.7 Å². The van der Waals surface area contributed by atoms with Crippen molar-refractivity contribution in [3.8, 4) is 5.69 Å². The van der Waals surface area contributed by atoms with E-state index >= 15 is 0 Å². The predicted molar refractivity (Wildman–Crippen MR) is 84.8 cm³/mol. The molecule has 126 valence electrons. The number of rotatable bonds is 5. The van der Waals surface area contributed by atoms with Crippen LogP contribution in [0.2, 0.25) is 0 Å². The zero-order chi connectivity index (χ0) is 17.3. The van der Waals surface area contributed by atoms with E-state index in [4.69, 9.17) is 5.11 Å². The Morgan fingerprint density at radius 2 is 2.00 bits per heavy atom. The SMILES string of the molecule is CN(CCC(=O)O)C(=O)c1nn(-c2ccc(F)cc2)c2c1CCC2. The van der Waals surface area contributed by atoms with Crippen molar-refractivity contribution in [3.05, 3.63) is 47.0 Å². The van der Waals surface area contributed by atoms with Gasteiger partial charge in [-0.2, -0.15) is 5.10 Å². The van der Waals surface area contributed by atoms with Gasteiger partial charge in [0.05, 0.1) is 12.1 Å². The van der Waals surface area contributed by atoms with E-state index in [1.54, 1.807) is 23.9 Å². The lowest BCUT2D eigenvalue weighted by atomic mass is 10.2. The van der Waals surface area contributed by atoms with Crippen LogP contribution in [0.15, 0.2) is 24.3 Å². The van der Waals surface area contributed by atoms with Crippen LogP contribution < -0.4 is 0 Å². The van der Waals surface area contributed by atoms with E-state index in [0.717, 1.165) is 30.5 Å². The summed E-state index contributed by atoms with van der Waals surface area (Å²) in [5.41, 5.74) is 2.95. The molecule has 0 atom stereocenters. The molecule has 0 unspecified atom stereocenters. The fourth-order valence-electron chi connectivity index (χ4n) is 2.95. The summed E-state index contributed by atoms with van der Waals surface area (Å²) in [6, 6.07) is 5.98. The Bertz CT molecular complexity index is 783. The minimum atomic E-state index is -0.947. The first kappa shape index (κ1) is 16.2. The fourth-order valence-corrected chi connectivity index (χ4v) is 2.95. The van der Waals surface area contributed by atoms with Gasteiger partial charge in [-0.05, 0) is 43.5 Å². The molecular weight excluding hydrogens is 313 g/mol. The molecule has 0 bridgehead atoms. The Morgan fingerprint density at radius 3 is 2.67 bits per heavy atom. The molecule has 0 radical (unpaired) electrons. The van der Waals surface area contributed by atoms with Gasteiger partial charge in [-0.15, -0.1) is 0 Å². The van der Waals surface area contributed by atoms with Crippen molar-refractivity contribution in [2.75, 3.05) is 13.6 Å². The number of nitrogens with zero attached hydrogens (tertiary/aromatic N) is 3. The number of halogens is 1. The van der Waals surface area contributed by atoms with Crippen molar-refractivity contribution in [1.82, 2.24) is 14.7 Å². The van der Waals surface area contributed by atoms with Crippen LogP contribution >= 0.6 is 0 Å². The van der Waals surface area contributed by atoms with Gasteiger partial charge in [0.2, 0.25) is 0 Å². The molecule has 1 aromatic heterocycles. The number of benzene rings is 1. The summed E-state index contributed by atoms with van der Waals surface area (Å²) in [5.74, 6) is -1.56. The highest BCUT2D eigenvalue weighted by molar-refractivity contribution is 5.94. The summed E-state index contributed by atoms with van der Waals surface area (Å²) >= 11 is 0. The van der Waals surface area contributed by atoms with E-state index in [2.05, 4.69) is 5.10 Å². The van der Waals surface area contributed by atoms with Crippen LogP contribution in [-0.2, 0) is 17.6 Å². The van der Waals surface area contributed by atoms with Gasteiger partial charge in [0.15, 0.2) is 5.69 Å². The van der Waals surface area contributed by atoms with E-state index in [9.17, 15) is 14.0 Å². The molecule has 0 saturated carbocycles. The summed E-state index contributed by atoms with van der Waals surface area (Å²) in [4.78, 5) is 24.7. The summed E-state index contributed by atoms with van der Waals surface area (Å²) in [5, 5.41) is 13.2. The van der Waals surface area contributed by atoms with E-state index in [0.29, 0.717) is 11.4 Å². The maximum Gasteiger partial charge on any atom is 0.305 e. The van der Waals surface area contributed by atoms with E-state index in [1.165, 1.54) is 17.0 Å². The van der Waals surface area contributed by atoms with Crippen molar-refractivity contribution < 1.29 is 19.1 Å². The second-order valence-electron chi connectivity index (χ2n) is 5.89. The lowest BCUT2D eigenvalue weighted by Gasteiger charge is -2.15. The second-order valence-corrected chi connectivity index (χ2v) is 5.89. The van der Waals surface area contributed by atoms with Crippen molar-refractivity contribution in [1.29, 1.82) is 0 Å². The van der Waals surface area contributed by atoms with Gasteiger partial charge in [0, 0.05) is 24.8 Å². The molecule has 0 aliphatic heterocycles. The van der Waals surface area contributed by atoms with E-state index < -0.39 is 5.97 Å². The van der Waals surface area contributed by atoms with Crippen LogP contribution in [0.3, 0.4) is 0 Å². The Hall–Kier alpha value is -2.70. The first-order chi connectivity index (χ1) is 11.5. The average Bonchev–Trinajstić information content (AvgIpc) is 3.15. The number of carboxylic acid groups (broad SMARTS) is 1. The van der Waals surface area contributed by atoms with Crippen LogP contribution in [0.1, 0.15) is 34.6 Å². The first-order valence-electron chi connectivity index (χ1n) is 7.81. The topological polar surface area (TPSA) is 75.4 Å². The van der Waals surface area contributed by atoms with Gasteiger partial charge < -0.3 is 10.0 Å². The number of fused-ring (bicyclic) bond motifs is 1. The molecule has 1 N–H and O–H groups in total. The molecule has 24 heavy (non-hydrogen) atoms. The molecule has 0 saturated heterocycles. The number of carbonyl (C=O) groups is 2. The summed E-state index contributed by atoms with van der Waals surface area (Å²) in [6.07, 6.45) is 2.41. The van der Waals surface area contributed by atoms with Crippen LogP contribution in [0.5, 0.6) is 0 Å². The molecule has 0 spiro atoms. The third-order valence-electron chi connectivity index (χ3n) is 4.21. The molecule has 1 aromatic carbocycles. The molecule has 1 amide bonds. The highest BCUT2D eigenvalue weighted by Crippen LogP contribution is 2.28. The first-order valence-corrected chi connectivity index (χ1v) is 7.81. The number of carbonyl (C=O) groups excluding carboxylic acids is 1. The average molecular weight is 331 g/mol. The number of hydrogen-bond acceptors (Lipinski definition) is 3. The monoisotopic (exact) mass is 331 g/mol. The number of aliphatic carboxylic acids is 1. The van der Waals surface area contributed by atoms with Gasteiger partial charge in [-0.1, -0.05) is 0 Å².